The second-order valence-corrected chi connectivity index (χ2v) is 3.38. The van der Waals surface area contributed by atoms with Crippen LogP contribution in [0.3, 0.4) is 0 Å². The summed E-state index contributed by atoms with van der Waals surface area (Å²) in [5.41, 5.74) is 0. The maximum atomic E-state index is 8.94. The molecular weight excluding hydrogens is 126 g/mol. The van der Waals surface area contributed by atoms with Crippen LogP contribution in [0.4, 0.5) is 0 Å². The maximum absolute atomic E-state index is 8.94. The highest BCUT2D eigenvalue weighted by Crippen LogP contribution is 2.32. The number of rotatable bonds is 4. The van der Waals surface area contributed by atoms with Crippen molar-refractivity contribution in [3.8, 4) is 0 Å². The molecule has 0 bridgehead atoms. The molecule has 0 aromatic carbocycles. The molecule has 2 nitrogen and oxygen atoms in total. The molecule has 0 amide bonds. The number of aliphatic hydroxyl groups is 1. The van der Waals surface area contributed by atoms with Crippen molar-refractivity contribution >= 4 is 0 Å². The van der Waals surface area contributed by atoms with Gasteiger partial charge in [0, 0.05) is 12.6 Å². The van der Waals surface area contributed by atoms with E-state index >= 15 is 0 Å². The summed E-state index contributed by atoms with van der Waals surface area (Å²) in [4.78, 5) is 0. The normalized spacial score (nSPS) is 24.3. The number of aliphatic hydroxyl groups excluding tert-OH is 1. The molecule has 0 aromatic rings. The fourth-order valence-electron chi connectivity index (χ4n) is 1.12. The van der Waals surface area contributed by atoms with Crippen molar-refractivity contribution < 1.29 is 5.11 Å². The minimum absolute atomic E-state index is 0.207. The van der Waals surface area contributed by atoms with Crippen LogP contribution in [0.5, 0.6) is 0 Å². The Hall–Kier alpha value is -0.0800. The SMILES string of the molecule is C[C@H](NC[C@@H](C)O)C1CC1. The minimum atomic E-state index is -0.207. The Labute approximate surface area is 62.6 Å². The van der Waals surface area contributed by atoms with Gasteiger partial charge in [0.1, 0.15) is 0 Å². The summed E-state index contributed by atoms with van der Waals surface area (Å²) in [5, 5.41) is 12.2. The molecule has 2 atom stereocenters. The molecule has 2 heteroatoms. The van der Waals surface area contributed by atoms with Crippen LogP contribution in [-0.2, 0) is 0 Å². The second-order valence-electron chi connectivity index (χ2n) is 3.38. The van der Waals surface area contributed by atoms with E-state index in [1.165, 1.54) is 12.8 Å². The monoisotopic (exact) mass is 143 g/mol. The van der Waals surface area contributed by atoms with E-state index < -0.39 is 0 Å². The Morgan fingerprint density at radius 3 is 2.50 bits per heavy atom. The van der Waals surface area contributed by atoms with Crippen LogP contribution in [0.25, 0.3) is 0 Å². The fourth-order valence-corrected chi connectivity index (χ4v) is 1.12. The molecule has 10 heavy (non-hydrogen) atoms. The molecule has 0 spiro atoms. The zero-order valence-electron chi connectivity index (χ0n) is 6.80. The van der Waals surface area contributed by atoms with E-state index in [-0.39, 0.29) is 6.10 Å². The summed E-state index contributed by atoms with van der Waals surface area (Å²) in [7, 11) is 0. The third-order valence-electron chi connectivity index (χ3n) is 2.06. The molecule has 0 saturated heterocycles. The molecule has 0 radical (unpaired) electrons. The van der Waals surface area contributed by atoms with Crippen molar-refractivity contribution in [2.45, 2.75) is 38.8 Å². The first-order valence-electron chi connectivity index (χ1n) is 4.11. The van der Waals surface area contributed by atoms with Crippen molar-refractivity contribution in [1.29, 1.82) is 0 Å². The van der Waals surface area contributed by atoms with Crippen molar-refractivity contribution in [3.05, 3.63) is 0 Å². The summed E-state index contributed by atoms with van der Waals surface area (Å²) < 4.78 is 0. The van der Waals surface area contributed by atoms with E-state index in [0.29, 0.717) is 6.04 Å². The van der Waals surface area contributed by atoms with Gasteiger partial charge in [-0.15, -0.1) is 0 Å². The maximum Gasteiger partial charge on any atom is 0.0636 e. The summed E-state index contributed by atoms with van der Waals surface area (Å²) in [5.74, 6) is 0.888. The van der Waals surface area contributed by atoms with Gasteiger partial charge < -0.3 is 10.4 Å². The Bertz CT molecular complexity index is 99.4. The summed E-state index contributed by atoms with van der Waals surface area (Å²) in [6, 6.07) is 0.606. The Balaban J connectivity index is 2.00. The van der Waals surface area contributed by atoms with Gasteiger partial charge in [-0.25, -0.2) is 0 Å². The summed E-state index contributed by atoms with van der Waals surface area (Å²) >= 11 is 0. The zero-order chi connectivity index (χ0) is 7.56. The summed E-state index contributed by atoms with van der Waals surface area (Å²) in [6.45, 7) is 4.74. The van der Waals surface area contributed by atoms with Gasteiger partial charge in [0.25, 0.3) is 0 Å². The van der Waals surface area contributed by atoms with Crippen LogP contribution < -0.4 is 5.32 Å². The first kappa shape index (κ1) is 8.02. The van der Waals surface area contributed by atoms with E-state index in [2.05, 4.69) is 12.2 Å². The minimum Gasteiger partial charge on any atom is -0.392 e. The molecule has 0 heterocycles. The van der Waals surface area contributed by atoms with Crippen LogP contribution in [0.1, 0.15) is 26.7 Å². The van der Waals surface area contributed by atoms with Gasteiger partial charge in [-0.1, -0.05) is 0 Å². The van der Waals surface area contributed by atoms with Crippen molar-refractivity contribution in [3.63, 3.8) is 0 Å². The van der Waals surface area contributed by atoms with Gasteiger partial charge in [-0.3, -0.25) is 0 Å². The molecule has 0 aliphatic heterocycles. The van der Waals surface area contributed by atoms with Gasteiger partial charge >= 0.3 is 0 Å². The predicted molar refractivity (Wildman–Crippen MR) is 41.9 cm³/mol. The van der Waals surface area contributed by atoms with E-state index in [9.17, 15) is 0 Å². The lowest BCUT2D eigenvalue weighted by Crippen LogP contribution is -2.33. The van der Waals surface area contributed by atoms with Crippen LogP contribution in [0.15, 0.2) is 0 Å². The average Bonchev–Trinajstić information content (AvgIpc) is 2.63. The fraction of sp³-hybridized carbons (Fsp3) is 1.00. The highest BCUT2D eigenvalue weighted by Gasteiger charge is 2.27. The topological polar surface area (TPSA) is 32.3 Å². The lowest BCUT2D eigenvalue weighted by atomic mass is 10.2. The highest BCUT2D eigenvalue weighted by molar-refractivity contribution is 4.83. The third-order valence-corrected chi connectivity index (χ3v) is 2.06. The Morgan fingerprint density at radius 2 is 2.10 bits per heavy atom. The summed E-state index contributed by atoms with van der Waals surface area (Å²) in [6.07, 6.45) is 2.53. The van der Waals surface area contributed by atoms with Crippen molar-refractivity contribution in [1.82, 2.24) is 5.32 Å². The Kier molecular flexibility index (Phi) is 2.69. The standard InChI is InChI=1S/C8H17NO/c1-6(10)5-9-7(2)8-3-4-8/h6-10H,3-5H2,1-2H3/t6-,7+/m1/s1. The third kappa shape index (κ3) is 2.67. The van der Waals surface area contributed by atoms with Gasteiger partial charge in [0.2, 0.25) is 0 Å². The smallest absolute Gasteiger partial charge is 0.0636 e. The first-order valence-corrected chi connectivity index (χ1v) is 4.11. The molecule has 1 rings (SSSR count). The van der Waals surface area contributed by atoms with Gasteiger partial charge in [0.05, 0.1) is 6.10 Å². The molecule has 1 aliphatic rings. The van der Waals surface area contributed by atoms with E-state index in [4.69, 9.17) is 5.11 Å². The van der Waals surface area contributed by atoms with Crippen LogP contribution in [0.2, 0.25) is 0 Å². The number of hydrogen-bond acceptors (Lipinski definition) is 2. The van der Waals surface area contributed by atoms with E-state index in [1.54, 1.807) is 0 Å². The number of nitrogens with one attached hydrogen (secondary N) is 1. The number of hydrogen-bond donors (Lipinski definition) is 2. The molecule has 2 N–H and O–H groups in total. The molecule has 1 aliphatic carbocycles. The van der Waals surface area contributed by atoms with E-state index in [1.807, 2.05) is 6.92 Å². The quantitative estimate of drug-likeness (QED) is 0.609. The van der Waals surface area contributed by atoms with Gasteiger partial charge in [0.15, 0.2) is 0 Å². The molecule has 1 fully saturated rings. The van der Waals surface area contributed by atoms with Crippen LogP contribution in [-0.4, -0.2) is 23.8 Å². The molecule has 60 valence electrons. The Morgan fingerprint density at radius 1 is 1.50 bits per heavy atom. The van der Waals surface area contributed by atoms with Gasteiger partial charge in [-0.05, 0) is 32.6 Å². The van der Waals surface area contributed by atoms with Crippen LogP contribution in [0, 0.1) is 5.92 Å². The van der Waals surface area contributed by atoms with Crippen molar-refractivity contribution in [2.75, 3.05) is 6.54 Å². The second kappa shape index (κ2) is 3.35. The molecular formula is C8H17NO. The lowest BCUT2D eigenvalue weighted by molar-refractivity contribution is 0.185. The average molecular weight is 143 g/mol. The molecule has 1 saturated carbocycles. The predicted octanol–water partition coefficient (Wildman–Crippen LogP) is 0.755. The van der Waals surface area contributed by atoms with Gasteiger partial charge in [-0.2, -0.15) is 0 Å². The van der Waals surface area contributed by atoms with E-state index in [0.717, 1.165) is 12.5 Å². The molecule has 0 unspecified atom stereocenters. The van der Waals surface area contributed by atoms with Crippen LogP contribution >= 0.6 is 0 Å². The largest absolute Gasteiger partial charge is 0.392 e. The first-order chi connectivity index (χ1) is 4.70. The highest BCUT2D eigenvalue weighted by atomic mass is 16.3. The molecule has 0 aromatic heterocycles. The zero-order valence-corrected chi connectivity index (χ0v) is 6.80. The van der Waals surface area contributed by atoms with Crippen molar-refractivity contribution in [2.24, 2.45) is 5.92 Å². The lowest BCUT2D eigenvalue weighted by Gasteiger charge is -2.13.